The lowest BCUT2D eigenvalue weighted by molar-refractivity contribution is -0.172. The van der Waals surface area contributed by atoms with Crippen LogP contribution < -0.4 is 0 Å². The van der Waals surface area contributed by atoms with Gasteiger partial charge in [-0.2, -0.15) is 17.6 Å². The number of hydrogen-bond donors (Lipinski definition) is 0. The Morgan fingerprint density at radius 3 is 2.41 bits per heavy atom. The number of aromatic nitrogens is 1. The molecule has 1 aliphatic heterocycles. The summed E-state index contributed by atoms with van der Waals surface area (Å²) in [6.07, 6.45) is 1.89. The lowest BCUT2D eigenvalue weighted by Crippen LogP contribution is -2.38. The molecule has 0 unspecified atom stereocenters. The lowest BCUT2D eigenvalue weighted by Gasteiger charge is -2.15. The van der Waals surface area contributed by atoms with Crippen molar-refractivity contribution in [1.29, 1.82) is 0 Å². The van der Waals surface area contributed by atoms with Crippen molar-refractivity contribution in [3.8, 4) is 0 Å². The van der Waals surface area contributed by atoms with E-state index in [1.54, 1.807) is 0 Å². The second-order valence-electron chi connectivity index (χ2n) is 4.19. The molecule has 1 aromatic rings. The van der Waals surface area contributed by atoms with E-state index in [2.05, 4.69) is 5.16 Å². The van der Waals surface area contributed by atoms with Gasteiger partial charge < -0.3 is 4.52 Å². The zero-order valence-corrected chi connectivity index (χ0v) is 9.22. The summed E-state index contributed by atoms with van der Waals surface area (Å²) in [6, 6.07) is 0. The van der Waals surface area contributed by atoms with Crippen molar-refractivity contribution >= 4 is 0 Å². The molecule has 3 nitrogen and oxygen atoms in total. The third-order valence-electron chi connectivity index (χ3n) is 2.84. The first kappa shape index (κ1) is 12.3. The van der Waals surface area contributed by atoms with Gasteiger partial charge in [0.2, 0.25) is 0 Å². The van der Waals surface area contributed by atoms with Crippen LogP contribution in [0.25, 0.3) is 0 Å². The Labute approximate surface area is 95.4 Å². The molecular weight excluding hydrogens is 240 g/mol. The maximum atomic E-state index is 13.0. The molecule has 2 rings (SSSR count). The van der Waals surface area contributed by atoms with Crippen molar-refractivity contribution < 1.29 is 22.1 Å². The predicted molar refractivity (Wildman–Crippen MR) is 51.1 cm³/mol. The maximum Gasteiger partial charge on any atom is 0.323 e. The van der Waals surface area contributed by atoms with E-state index in [0.717, 1.165) is 4.90 Å². The number of hydrogen-bond acceptors (Lipinski definition) is 3. The molecule has 0 radical (unpaired) electrons. The zero-order chi connectivity index (χ0) is 12.7. The number of rotatable bonds is 3. The fraction of sp³-hybridized carbons (Fsp3) is 0.700. The highest BCUT2D eigenvalue weighted by atomic mass is 19.3. The first-order chi connectivity index (χ1) is 7.86. The molecule has 96 valence electrons. The summed E-state index contributed by atoms with van der Waals surface area (Å²) in [5.41, 5.74) is 1.20. The van der Waals surface area contributed by atoms with Crippen LogP contribution in [0.4, 0.5) is 17.6 Å². The molecule has 7 heteroatoms. The van der Waals surface area contributed by atoms with E-state index in [-0.39, 0.29) is 6.54 Å². The van der Waals surface area contributed by atoms with E-state index in [1.165, 1.54) is 6.26 Å². The summed E-state index contributed by atoms with van der Waals surface area (Å²) in [6.45, 7) is -0.0327. The van der Waals surface area contributed by atoms with Gasteiger partial charge >= 0.3 is 11.8 Å². The summed E-state index contributed by atoms with van der Waals surface area (Å²) < 4.78 is 56.5. The molecule has 0 amide bonds. The molecule has 0 saturated carbocycles. The molecule has 0 bridgehead atoms. The first-order valence-corrected chi connectivity index (χ1v) is 5.26. The van der Waals surface area contributed by atoms with E-state index in [0.29, 0.717) is 17.7 Å². The minimum absolute atomic E-state index is 0.0118. The van der Waals surface area contributed by atoms with E-state index in [9.17, 15) is 17.6 Å². The molecule has 0 aromatic carbocycles. The normalized spacial score (nSPS) is 23.1. The zero-order valence-electron chi connectivity index (χ0n) is 9.22. The van der Waals surface area contributed by atoms with Crippen LogP contribution in [0.15, 0.2) is 10.8 Å². The van der Waals surface area contributed by atoms with Crippen LogP contribution in [0, 0.1) is 0 Å². The van der Waals surface area contributed by atoms with Crippen LogP contribution >= 0.6 is 0 Å². The van der Waals surface area contributed by atoms with Gasteiger partial charge in [0.1, 0.15) is 6.26 Å². The maximum absolute atomic E-state index is 13.0. The summed E-state index contributed by atoms with van der Waals surface area (Å²) in [7, 11) is 0. The Hall–Kier alpha value is -1.11. The third kappa shape index (κ3) is 2.15. The van der Waals surface area contributed by atoms with Crippen molar-refractivity contribution in [2.24, 2.45) is 0 Å². The van der Waals surface area contributed by atoms with Crippen LogP contribution in [-0.4, -0.2) is 35.0 Å². The fourth-order valence-electron chi connectivity index (χ4n) is 1.90. The van der Waals surface area contributed by atoms with Gasteiger partial charge in [0, 0.05) is 12.1 Å². The van der Waals surface area contributed by atoms with Crippen LogP contribution in [0.3, 0.4) is 0 Å². The van der Waals surface area contributed by atoms with Gasteiger partial charge in [-0.15, -0.1) is 0 Å². The summed E-state index contributed by atoms with van der Waals surface area (Å²) in [5.74, 6) is -7.92. The fourth-order valence-corrected chi connectivity index (χ4v) is 1.90. The summed E-state index contributed by atoms with van der Waals surface area (Å²) in [5, 5.41) is 3.67. The van der Waals surface area contributed by atoms with Crippen LogP contribution in [0.5, 0.6) is 0 Å². The third-order valence-corrected chi connectivity index (χ3v) is 2.84. The Balaban J connectivity index is 2.08. The van der Waals surface area contributed by atoms with Crippen molar-refractivity contribution in [2.45, 2.75) is 31.7 Å². The summed E-state index contributed by atoms with van der Waals surface area (Å²) >= 11 is 0. The van der Waals surface area contributed by atoms with Gasteiger partial charge in [-0.25, -0.2) is 0 Å². The monoisotopic (exact) mass is 252 g/mol. The molecule has 0 atom stereocenters. The minimum Gasteiger partial charge on any atom is -0.364 e. The molecule has 2 heterocycles. The molecule has 1 aliphatic rings. The smallest absolute Gasteiger partial charge is 0.323 e. The number of aryl methyl sites for hydroxylation is 1. The van der Waals surface area contributed by atoms with E-state index in [4.69, 9.17) is 4.52 Å². The van der Waals surface area contributed by atoms with E-state index >= 15 is 0 Å². The molecule has 17 heavy (non-hydrogen) atoms. The van der Waals surface area contributed by atoms with Gasteiger partial charge in [-0.1, -0.05) is 12.1 Å². The number of nitrogens with zero attached hydrogens (tertiary/aromatic N) is 2. The Morgan fingerprint density at radius 2 is 1.88 bits per heavy atom. The standard InChI is InChI=1S/C10H12F4N2O/c1-2-8-7(4-17-15-8)3-16-5-9(11,12)10(13,14)6-16/h4H,2-3,5-6H2,1H3. The van der Waals surface area contributed by atoms with Gasteiger partial charge in [-0.05, 0) is 6.42 Å². The summed E-state index contributed by atoms with van der Waals surface area (Å²) in [4.78, 5) is 1.02. The average Bonchev–Trinajstić information content (AvgIpc) is 2.70. The highest BCUT2D eigenvalue weighted by Crippen LogP contribution is 2.41. The van der Waals surface area contributed by atoms with Gasteiger partial charge in [0.05, 0.1) is 18.8 Å². The highest BCUT2D eigenvalue weighted by molar-refractivity contribution is 5.15. The number of halogens is 4. The topological polar surface area (TPSA) is 29.3 Å². The van der Waals surface area contributed by atoms with Crippen molar-refractivity contribution in [3.63, 3.8) is 0 Å². The van der Waals surface area contributed by atoms with Crippen LogP contribution in [0.2, 0.25) is 0 Å². The molecular formula is C10H12F4N2O. The largest absolute Gasteiger partial charge is 0.364 e. The Kier molecular flexibility index (Phi) is 2.89. The van der Waals surface area contributed by atoms with Crippen molar-refractivity contribution in [1.82, 2.24) is 10.1 Å². The minimum atomic E-state index is -3.96. The second kappa shape index (κ2) is 3.97. The van der Waals surface area contributed by atoms with E-state index < -0.39 is 24.9 Å². The van der Waals surface area contributed by atoms with Crippen molar-refractivity contribution in [2.75, 3.05) is 13.1 Å². The van der Waals surface area contributed by atoms with Gasteiger partial charge in [0.15, 0.2) is 0 Å². The van der Waals surface area contributed by atoms with Crippen LogP contribution in [-0.2, 0) is 13.0 Å². The van der Waals surface area contributed by atoms with E-state index in [1.807, 2.05) is 6.92 Å². The molecule has 1 saturated heterocycles. The highest BCUT2D eigenvalue weighted by Gasteiger charge is 2.62. The predicted octanol–water partition coefficient (Wildman–Crippen LogP) is 2.32. The van der Waals surface area contributed by atoms with Gasteiger partial charge in [0.25, 0.3) is 0 Å². The second-order valence-corrected chi connectivity index (χ2v) is 4.19. The average molecular weight is 252 g/mol. The number of likely N-dealkylation sites (tertiary alicyclic amines) is 1. The van der Waals surface area contributed by atoms with Gasteiger partial charge in [-0.3, -0.25) is 4.90 Å². The molecule has 1 fully saturated rings. The Morgan fingerprint density at radius 1 is 1.29 bits per heavy atom. The molecule has 1 aromatic heterocycles. The first-order valence-electron chi connectivity index (χ1n) is 5.26. The van der Waals surface area contributed by atoms with Crippen molar-refractivity contribution in [3.05, 3.63) is 17.5 Å². The number of alkyl halides is 4. The quantitative estimate of drug-likeness (QED) is 0.773. The SMILES string of the molecule is CCc1nocc1CN1CC(F)(F)C(F)(F)C1. The lowest BCUT2D eigenvalue weighted by atomic mass is 10.2. The molecule has 0 aliphatic carbocycles. The molecule has 0 spiro atoms. The Bertz CT molecular complexity index is 389. The molecule has 0 N–H and O–H groups in total. The van der Waals surface area contributed by atoms with Crippen LogP contribution in [0.1, 0.15) is 18.2 Å².